The summed E-state index contributed by atoms with van der Waals surface area (Å²) in [6.45, 7) is 1.65. The standard InChI is InChI=1S/C15H22O10/c1-7(17)12(6-16)14(22,9(3)19)15(23,10(4)20)13(21,8(2)18)11(24-5)25-12/h11,16,21-23H,6H2,1-5H3/t11-,12?,13+,14-,15-/m0/s1. The van der Waals surface area contributed by atoms with Gasteiger partial charge in [-0.3, -0.25) is 19.2 Å². The first-order valence-electron chi connectivity index (χ1n) is 7.28. The minimum atomic E-state index is -3.54. The van der Waals surface area contributed by atoms with Crippen LogP contribution in [0.1, 0.15) is 27.7 Å². The highest BCUT2D eigenvalue weighted by molar-refractivity contribution is 6.09. The number of carbonyl (C=O) groups excluding carboxylic acids is 4. The van der Waals surface area contributed by atoms with Crippen molar-refractivity contribution in [3.8, 4) is 0 Å². The summed E-state index contributed by atoms with van der Waals surface area (Å²) in [5.41, 5.74) is -13.1. The summed E-state index contributed by atoms with van der Waals surface area (Å²) in [6, 6.07) is 0. The largest absolute Gasteiger partial charge is 0.393 e. The van der Waals surface area contributed by atoms with Crippen molar-refractivity contribution in [2.24, 2.45) is 0 Å². The first kappa shape index (κ1) is 21.5. The molecule has 1 aliphatic heterocycles. The molecule has 1 rings (SSSR count). The third kappa shape index (κ3) is 2.19. The topological polar surface area (TPSA) is 168 Å². The molecule has 4 N–H and O–H groups in total. The van der Waals surface area contributed by atoms with E-state index in [1.165, 1.54) is 0 Å². The molecule has 1 fully saturated rings. The lowest BCUT2D eigenvalue weighted by Crippen LogP contribution is -2.91. The molecule has 0 aliphatic carbocycles. The zero-order valence-electron chi connectivity index (χ0n) is 14.5. The van der Waals surface area contributed by atoms with Crippen LogP contribution >= 0.6 is 0 Å². The van der Waals surface area contributed by atoms with Gasteiger partial charge in [0.2, 0.25) is 16.8 Å². The van der Waals surface area contributed by atoms with E-state index >= 15 is 0 Å². The highest BCUT2D eigenvalue weighted by Gasteiger charge is 2.83. The zero-order valence-corrected chi connectivity index (χ0v) is 14.5. The Kier molecular flexibility index (Phi) is 5.42. The molecule has 1 heterocycles. The van der Waals surface area contributed by atoms with Crippen LogP contribution in [0.25, 0.3) is 0 Å². The second-order valence-corrected chi connectivity index (χ2v) is 6.08. The summed E-state index contributed by atoms with van der Waals surface area (Å²) in [7, 11) is 0.930. The number of carbonyl (C=O) groups is 4. The first-order chi connectivity index (χ1) is 11.2. The molecule has 10 nitrogen and oxygen atoms in total. The molecule has 0 amide bonds. The van der Waals surface area contributed by atoms with Gasteiger partial charge in [0.25, 0.3) is 0 Å². The molecule has 0 saturated carbocycles. The average Bonchev–Trinajstić information content (AvgIpc) is 2.52. The van der Waals surface area contributed by atoms with E-state index in [9.17, 15) is 39.6 Å². The van der Waals surface area contributed by atoms with Gasteiger partial charge < -0.3 is 29.9 Å². The maximum absolute atomic E-state index is 12.3. The van der Waals surface area contributed by atoms with Crippen molar-refractivity contribution >= 4 is 23.1 Å². The minimum Gasteiger partial charge on any atom is -0.393 e. The number of rotatable bonds is 6. The predicted octanol–water partition coefficient (Wildman–Crippen LogP) is -2.73. The lowest BCUT2D eigenvalue weighted by Gasteiger charge is -2.60. The number of hydrogen-bond donors (Lipinski definition) is 4. The summed E-state index contributed by atoms with van der Waals surface area (Å²) >= 11 is 0. The second kappa shape index (κ2) is 6.31. The van der Waals surface area contributed by atoms with Gasteiger partial charge >= 0.3 is 0 Å². The molecular formula is C15H22O10. The molecular weight excluding hydrogens is 340 g/mol. The van der Waals surface area contributed by atoms with Crippen LogP contribution in [0.3, 0.4) is 0 Å². The van der Waals surface area contributed by atoms with Crippen LogP contribution in [-0.2, 0) is 28.7 Å². The predicted molar refractivity (Wildman–Crippen MR) is 79.3 cm³/mol. The van der Waals surface area contributed by atoms with E-state index in [1.807, 2.05) is 0 Å². The van der Waals surface area contributed by atoms with E-state index in [4.69, 9.17) is 9.47 Å². The van der Waals surface area contributed by atoms with Gasteiger partial charge in [-0.2, -0.15) is 0 Å². The molecule has 0 radical (unpaired) electrons. The molecule has 0 aromatic heterocycles. The number of ketones is 4. The molecule has 1 saturated heterocycles. The lowest BCUT2D eigenvalue weighted by molar-refractivity contribution is -0.384. The lowest BCUT2D eigenvalue weighted by atomic mass is 9.56. The molecule has 1 unspecified atom stereocenters. The van der Waals surface area contributed by atoms with Crippen molar-refractivity contribution in [3.05, 3.63) is 0 Å². The number of aliphatic hydroxyl groups is 4. The van der Waals surface area contributed by atoms with Crippen molar-refractivity contribution < 1.29 is 49.1 Å². The number of hydrogen-bond acceptors (Lipinski definition) is 10. The molecule has 0 spiro atoms. The van der Waals surface area contributed by atoms with E-state index in [0.29, 0.717) is 13.8 Å². The van der Waals surface area contributed by atoms with Crippen LogP contribution in [0.4, 0.5) is 0 Å². The Labute approximate surface area is 143 Å². The fraction of sp³-hybridized carbons (Fsp3) is 0.733. The van der Waals surface area contributed by atoms with Crippen molar-refractivity contribution in [2.45, 2.75) is 56.4 Å². The number of ether oxygens (including phenoxy) is 2. The second-order valence-electron chi connectivity index (χ2n) is 6.08. The van der Waals surface area contributed by atoms with Crippen molar-refractivity contribution in [2.75, 3.05) is 13.7 Å². The normalized spacial score (nSPS) is 41.2. The van der Waals surface area contributed by atoms with E-state index in [-0.39, 0.29) is 0 Å². The van der Waals surface area contributed by atoms with E-state index in [1.54, 1.807) is 0 Å². The summed E-state index contributed by atoms with van der Waals surface area (Å²) in [4.78, 5) is 48.8. The van der Waals surface area contributed by atoms with Crippen molar-refractivity contribution in [1.82, 2.24) is 0 Å². The van der Waals surface area contributed by atoms with Crippen LogP contribution in [-0.4, -0.2) is 86.0 Å². The number of Topliss-reactive ketones (excluding diaryl/α,β-unsaturated/α-hetero) is 4. The van der Waals surface area contributed by atoms with Gasteiger partial charge in [0.15, 0.2) is 35.0 Å². The Balaban J connectivity index is 4.12. The van der Waals surface area contributed by atoms with E-state index in [2.05, 4.69) is 0 Å². The molecule has 0 bridgehead atoms. The van der Waals surface area contributed by atoms with E-state index in [0.717, 1.165) is 21.0 Å². The molecule has 0 aromatic carbocycles. The fourth-order valence-corrected chi connectivity index (χ4v) is 3.39. The maximum atomic E-state index is 12.3. The SMILES string of the molecule is CO[C@H]1OC(CO)(C(C)=O)[C@@](O)(C(C)=O)[C@](O)(C(C)=O)[C@@]1(O)C(C)=O. The van der Waals surface area contributed by atoms with Crippen LogP contribution in [0, 0.1) is 0 Å². The smallest absolute Gasteiger partial charge is 0.213 e. The summed E-state index contributed by atoms with van der Waals surface area (Å²) < 4.78 is 9.96. The summed E-state index contributed by atoms with van der Waals surface area (Å²) in [5.74, 6) is -5.21. The van der Waals surface area contributed by atoms with Gasteiger partial charge in [0, 0.05) is 7.11 Å². The highest BCUT2D eigenvalue weighted by atomic mass is 16.7. The number of aliphatic hydroxyl groups excluding tert-OH is 1. The Morgan fingerprint density at radius 2 is 1.32 bits per heavy atom. The molecule has 5 atom stereocenters. The Morgan fingerprint density at radius 3 is 1.56 bits per heavy atom. The molecule has 10 heteroatoms. The van der Waals surface area contributed by atoms with Gasteiger partial charge in [0.1, 0.15) is 0 Å². The van der Waals surface area contributed by atoms with Crippen molar-refractivity contribution in [1.29, 1.82) is 0 Å². The zero-order chi connectivity index (χ0) is 20.0. The van der Waals surface area contributed by atoms with Gasteiger partial charge in [-0.1, -0.05) is 0 Å². The van der Waals surface area contributed by atoms with Crippen LogP contribution in [0.5, 0.6) is 0 Å². The van der Waals surface area contributed by atoms with Gasteiger partial charge in [0.05, 0.1) is 6.61 Å². The Morgan fingerprint density at radius 1 is 0.880 bits per heavy atom. The Hall–Kier alpha value is -1.56. The van der Waals surface area contributed by atoms with Crippen LogP contribution in [0.15, 0.2) is 0 Å². The fourth-order valence-electron chi connectivity index (χ4n) is 3.39. The van der Waals surface area contributed by atoms with Gasteiger partial charge in [-0.25, -0.2) is 0 Å². The third-order valence-electron chi connectivity index (χ3n) is 4.87. The first-order valence-corrected chi connectivity index (χ1v) is 7.28. The molecule has 1 aliphatic rings. The molecule has 0 aromatic rings. The van der Waals surface area contributed by atoms with Crippen molar-refractivity contribution in [3.63, 3.8) is 0 Å². The monoisotopic (exact) mass is 362 g/mol. The van der Waals surface area contributed by atoms with Crippen LogP contribution < -0.4 is 0 Å². The van der Waals surface area contributed by atoms with Gasteiger partial charge in [-0.15, -0.1) is 0 Å². The quantitative estimate of drug-likeness (QED) is 0.389. The summed E-state index contributed by atoms with van der Waals surface area (Å²) in [6.07, 6.45) is -2.14. The highest BCUT2D eigenvalue weighted by Crippen LogP contribution is 2.51. The maximum Gasteiger partial charge on any atom is 0.213 e. The molecule has 142 valence electrons. The third-order valence-corrected chi connectivity index (χ3v) is 4.87. The average molecular weight is 362 g/mol. The van der Waals surface area contributed by atoms with E-state index < -0.39 is 58.4 Å². The minimum absolute atomic E-state index is 0.697. The number of methoxy groups -OCH3 is 1. The molecule has 25 heavy (non-hydrogen) atoms. The van der Waals surface area contributed by atoms with Gasteiger partial charge in [-0.05, 0) is 27.7 Å². The van der Waals surface area contributed by atoms with Crippen LogP contribution in [0.2, 0.25) is 0 Å². The summed E-state index contributed by atoms with van der Waals surface area (Å²) in [5, 5.41) is 42.6. The Bertz CT molecular complexity index is 630.